The van der Waals surface area contributed by atoms with Crippen molar-refractivity contribution in [3.63, 3.8) is 0 Å². The van der Waals surface area contributed by atoms with Gasteiger partial charge >= 0.3 is 0 Å². The van der Waals surface area contributed by atoms with Gasteiger partial charge in [-0.15, -0.1) is 0 Å². The minimum absolute atomic E-state index is 0.781. The summed E-state index contributed by atoms with van der Waals surface area (Å²) >= 11 is 0. The molecule has 1 heteroatoms. The molecule has 0 aliphatic heterocycles. The lowest BCUT2D eigenvalue weighted by atomic mass is 9.84. The van der Waals surface area contributed by atoms with Crippen LogP contribution in [-0.2, 0) is 0 Å². The lowest BCUT2D eigenvalue weighted by Crippen LogP contribution is -2.05. The second-order valence-electron chi connectivity index (χ2n) is 8.07. The summed E-state index contributed by atoms with van der Waals surface area (Å²) in [5.74, 6) is 8.36. The van der Waals surface area contributed by atoms with Crippen LogP contribution in [0.15, 0.2) is 54.6 Å². The van der Waals surface area contributed by atoms with E-state index in [-0.39, 0.29) is 0 Å². The molecule has 0 aromatic heterocycles. The minimum atomic E-state index is 0.781. The fraction of sp³-hybridized carbons (Fsp3) is 0.429. The molecule has 0 N–H and O–H groups in total. The van der Waals surface area contributed by atoms with Crippen molar-refractivity contribution < 1.29 is 4.74 Å². The maximum Gasteiger partial charge on any atom is 0.119 e. The van der Waals surface area contributed by atoms with Gasteiger partial charge < -0.3 is 4.74 Å². The van der Waals surface area contributed by atoms with Gasteiger partial charge in [-0.1, -0.05) is 69.6 Å². The maximum atomic E-state index is 5.71. The summed E-state index contributed by atoms with van der Waals surface area (Å²) in [6, 6.07) is 16.8. The van der Waals surface area contributed by atoms with Crippen molar-refractivity contribution in [2.45, 2.75) is 65.2 Å². The molecule has 2 aromatic carbocycles. The molecule has 1 aliphatic carbocycles. The van der Waals surface area contributed by atoms with Crippen LogP contribution in [0.4, 0.5) is 0 Å². The van der Waals surface area contributed by atoms with Crippen molar-refractivity contribution in [1.82, 2.24) is 0 Å². The smallest absolute Gasteiger partial charge is 0.119 e. The third-order valence-electron chi connectivity index (χ3n) is 5.71. The minimum Gasteiger partial charge on any atom is -0.494 e. The number of hydrogen-bond donors (Lipinski definition) is 0. The molecule has 0 saturated carbocycles. The Bertz CT molecular complexity index is 831. The van der Waals surface area contributed by atoms with Crippen LogP contribution in [0, 0.1) is 17.8 Å². The monoisotopic (exact) mass is 386 g/mol. The van der Waals surface area contributed by atoms with E-state index in [1.807, 2.05) is 24.3 Å². The van der Waals surface area contributed by atoms with Crippen LogP contribution in [0.25, 0.3) is 5.57 Å². The third-order valence-corrected chi connectivity index (χ3v) is 5.71. The van der Waals surface area contributed by atoms with Crippen LogP contribution in [-0.4, -0.2) is 6.61 Å². The van der Waals surface area contributed by atoms with Crippen molar-refractivity contribution >= 4 is 5.57 Å². The molecule has 2 aromatic rings. The summed E-state index contributed by atoms with van der Waals surface area (Å²) in [7, 11) is 0. The van der Waals surface area contributed by atoms with E-state index in [1.54, 1.807) is 0 Å². The summed E-state index contributed by atoms with van der Waals surface area (Å²) < 4.78 is 5.71. The lowest BCUT2D eigenvalue weighted by molar-refractivity contribution is 0.309. The van der Waals surface area contributed by atoms with Gasteiger partial charge in [-0.2, -0.15) is 0 Å². The number of hydrogen-bond acceptors (Lipinski definition) is 1. The zero-order chi connectivity index (χ0) is 20.3. The van der Waals surface area contributed by atoms with Gasteiger partial charge in [0, 0.05) is 11.1 Å². The molecular weight excluding hydrogens is 352 g/mol. The average Bonchev–Trinajstić information content (AvgIpc) is 2.78. The number of unbranched alkanes of at least 4 members (excludes halogenated alkanes) is 2. The molecule has 0 amide bonds. The highest BCUT2D eigenvalue weighted by Crippen LogP contribution is 2.32. The first-order valence-corrected chi connectivity index (χ1v) is 11.3. The normalized spacial score (nSPS) is 15.9. The Morgan fingerprint density at radius 1 is 0.862 bits per heavy atom. The Kier molecular flexibility index (Phi) is 8.44. The van der Waals surface area contributed by atoms with Gasteiger partial charge in [-0.25, -0.2) is 0 Å². The molecule has 0 heterocycles. The quantitative estimate of drug-likeness (QED) is 0.334. The second-order valence-corrected chi connectivity index (χ2v) is 8.07. The number of allylic oxidation sites excluding steroid dienone is 2. The predicted octanol–water partition coefficient (Wildman–Crippen LogP) is 7.64. The number of benzene rings is 2. The molecule has 1 unspecified atom stereocenters. The van der Waals surface area contributed by atoms with Gasteiger partial charge in [-0.3, -0.25) is 0 Å². The van der Waals surface area contributed by atoms with Gasteiger partial charge in [-0.05, 0) is 79.1 Å². The standard InChI is InChI=1S/C28H34O/c1-3-5-7-23-10-16-26(17-11-23)27-18-12-24(13-19-27)8-9-25-14-20-28(21-15-25)29-22-6-4-2/h12-16,18-21,23H,3-7,10-11,17,22H2,1-2H3. The first-order valence-electron chi connectivity index (χ1n) is 11.3. The van der Waals surface area contributed by atoms with Gasteiger partial charge in [0.2, 0.25) is 0 Å². The van der Waals surface area contributed by atoms with E-state index < -0.39 is 0 Å². The molecule has 1 atom stereocenters. The van der Waals surface area contributed by atoms with E-state index in [0.29, 0.717) is 0 Å². The van der Waals surface area contributed by atoms with E-state index in [1.165, 1.54) is 49.7 Å². The molecule has 0 spiro atoms. The van der Waals surface area contributed by atoms with E-state index in [9.17, 15) is 0 Å². The lowest BCUT2D eigenvalue weighted by Gasteiger charge is -2.22. The summed E-state index contributed by atoms with van der Waals surface area (Å²) in [5, 5.41) is 0. The molecule has 3 rings (SSSR count). The van der Waals surface area contributed by atoms with E-state index in [0.717, 1.165) is 42.2 Å². The van der Waals surface area contributed by atoms with Crippen molar-refractivity contribution in [3.8, 4) is 17.6 Å². The van der Waals surface area contributed by atoms with Crippen molar-refractivity contribution in [2.75, 3.05) is 6.61 Å². The van der Waals surface area contributed by atoms with Crippen LogP contribution >= 0.6 is 0 Å². The Balaban J connectivity index is 1.55. The zero-order valence-corrected chi connectivity index (χ0v) is 18.0. The highest BCUT2D eigenvalue weighted by Gasteiger charge is 2.14. The SMILES string of the molecule is CCCCOc1ccc(C#Cc2ccc(C3=CCC(CCCC)CC3)cc2)cc1. The van der Waals surface area contributed by atoms with E-state index in [4.69, 9.17) is 4.74 Å². The molecule has 0 saturated heterocycles. The zero-order valence-electron chi connectivity index (χ0n) is 18.0. The van der Waals surface area contributed by atoms with Gasteiger partial charge in [0.1, 0.15) is 5.75 Å². The van der Waals surface area contributed by atoms with Gasteiger partial charge in [0.25, 0.3) is 0 Å². The summed E-state index contributed by atoms with van der Waals surface area (Å²) in [6.45, 7) is 5.24. The fourth-order valence-electron chi connectivity index (χ4n) is 3.79. The van der Waals surface area contributed by atoms with Gasteiger partial charge in [0.15, 0.2) is 0 Å². The molecule has 29 heavy (non-hydrogen) atoms. The Morgan fingerprint density at radius 3 is 2.10 bits per heavy atom. The van der Waals surface area contributed by atoms with Crippen LogP contribution in [0.3, 0.4) is 0 Å². The molecule has 0 bridgehead atoms. The van der Waals surface area contributed by atoms with E-state index in [2.05, 4.69) is 56.0 Å². The van der Waals surface area contributed by atoms with Crippen molar-refractivity contribution in [1.29, 1.82) is 0 Å². The highest BCUT2D eigenvalue weighted by atomic mass is 16.5. The Labute approximate surface area is 177 Å². The number of rotatable bonds is 8. The average molecular weight is 387 g/mol. The van der Waals surface area contributed by atoms with Crippen LogP contribution in [0.2, 0.25) is 0 Å². The first-order chi connectivity index (χ1) is 14.3. The summed E-state index contributed by atoms with van der Waals surface area (Å²) in [4.78, 5) is 0. The van der Waals surface area contributed by atoms with Gasteiger partial charge in [0.05, 0.1) is 6.61 Å². The molecule has 0 fully saturated rings. The van der Waals surface area contributed by atoms with Crippen LogP contribution in [0.1, 0.15) is 81.9 Å². The maximum absolute atomic E-state index is 5.71. The third kappa shape index (κ3) is 6.82. The molecule has 1 aliphatic rings. The van der Waals surface area contributed by atoms with E-state index >= 15 is 0 Å². The first kappa shape index (κ1) is 21.3. The Morgan fingerprint density at radius 2 is 1.52 bits per heavy atom. The summed E-state index contributed by atoms with van der Waals surface area (Å²) in [6.07, 6.45) is 12.6. The largest absolute Gasteiger partial charge is 0.494 e. The molecule has 1 nitrogen and oxygen atoms in total. The van der Waals surface area contributed by atoms with Crippen LogP contribution < -0.4 is 4.74 Å². The molecule has 0 radical (unpaired) electrons. The second kappa shape index (κ2) is 11.5. The number of ether oxygens (including phenoxy) is 1. The Hall–Kier alpha value is -2.46. The van der Waals surface area contributed by atoms with Crippen LogP contribution in [0.5, 0.6) is 5.75 Å². The summed E-state index contributed by atoms with van der Waals surface area (Å²) in [5.41, 5.74) is 4.95. The van der Waals surface area contributed by atoms with Crippen molar-refractivity contribution in [3.05, 3.63) is 71.3 Å². The predicted molar refractivity (Wildman–Crippen MR) is 124 cm³/mol. The fourth-order valence-corrected chi connectivity index (χ4v) is 3.79. The molecule has 152 valence electrons. The topological polar surface area (TPSA) is 9.23 Å². The molecular formula is C28H34O. The van der Waals surface area contributed by atoms with Crippen molar-refractivity contribution in [2.24, 2.45) is 5.92 Å². The highest BCUT2D eigenvalue weighted by molar-refractivity contribution is 5.67.